The van der Waals surface area contributed by atoms with Gasteiger partial charge in [0.25, 0.3) is 5.78 Å². The molecule has 4 heterocycles. The summed E-state index contributed by atoms with van der Waals surface area (Å²) in [6, 6.07) is 11.5. The van der Waals surface area contributed by atoms with Crippen LogP contribution in [0.3, 0.4) is 0 Å². The maximum absolute atomic E-state index is 13.7. The van der Waals surface area contributed by atoms with Crippen LogP contribution in [0.1, 0.15) is 71.0 Å². The highest BCUT2D eigenvalue weighted by Crippen LogP contribution is 2.44. The molecule has 3 aromatic heterocycles. The molecule has 42 heavy (non-hydrogen) atoms. The van der Waals surface area contributed by atoms with Crippen LogP contribution in [0, 0.1) is 13.8 Å². The molecule has 0 spiro atoms. The number of nitrogens with zero attached hydrogens (tertiary/aromatic N) is 4. The number of aryl methyl sites for hydroxylation is 2. The number of esters is 1. The summed E-state index contributed by atoms with van der Waals surface area (Å²) in [7, 11) is 1.26. The first-order valence-electron chi connectivity index (χ1n) is 13.8. The molecule has 0 radical (unpaired) electrons. The van der Waals surface area contributed by atoms with Gasteiger partial charge in [0.15, 0.2) is 10.9 Å². The van der Waals surface area contributed by atoms with Crippen molar-refractivity contribution in [3.8, 4) is 5.75 Å². The molecule has 0 bridgehead atoms. The number of hydrogen-bond donors (Lipinski definition) is 1. The minimum atomic E-state index is -1.02. The number of benzene rings is 1. The molecule has 1 amide bonds. The highest BCUT2D eigenvalue weighted by Gasteiger charge is 2.49. The van der Waals surface area contributed by atoms with Crippen LogP contribution in [-0.2, 0) is 14.3 Å². The number of rotatable bonds is 10. The topological polar surface area (TPSA) is 123 Å². The number of carbonyl (C=O) groups is 3. The summed E-state index contributed by atoms with van der Waals surface area (Å²) < 4.78 is 12.4. The number of ether oxygens (including phenoxy) is 2. The Bertz CT molecular complexity index is 1690. The van der Waals surface area contributed by atoms with Crippen LogP contribution in [0.15, 0.2) is 54.2 Å². The summed E-state index contributed by atoms with van der Waals surface area (Å²) >= 11 is 0.952. The van der Waals surface area contributed by atoms with Crippen LogP contribution >= 0.6 is 11.3 Å². The molecular formula is C31H32N4O6S. The zero-order chi connectivity index (χ0) is 30.0. The van der Waals surface area contributed by atoms with Crippen LogP contribution in [0.4, 0.5) is 5.13 Å². The van der Waals surface area contributed by atoms with E-state index in [0.717, 1.165) is 37.0 Å². The monoisotopic (exact) mass is 588 g/mol. The first-order valence-corrected chi connectivity index (χ1v) is 14.6. The number of unbranched alkanes of at least 4 members (excludes halogenated alkanes) is 3. The van der Waals surface area contributed by atoms with Gasteiger partial charge in [-0.25, -0.2) is 14.8 Å². The lowest BCUT2D eigenvalue weighted by Gasteiger charge is -2.23. The number of imidazole rings is 1. The lowest BCUT2D eigenvalue weighted by molar-refractivity contribution is -0.132. The zero-order valence-corrected chi connectivity index (χ0v) is 24.7. The number of anilines is 1. The molecule has 11 heteroatoms. The Labute approximate surface area is 247 Å². The molecule has 218 valence electrons. The molecule has 1 aliphatic rings. The first kappa shape index (κ1) is 29.0. The summed E-state index contributed by atoms with van der Waals surface area (Å²) in [6.07, 6.45) is 6.06. The van der Waals surface area contributed by atoms with E-state index in [1.165, 1.54) is 12.0 Å². The third-order valence-electron chi connectivity index (χ3n) is 7.20. The third kappa shape index (κ3) is 5.27. The highest BCUT2D eigenvalue weighted by atomic mass is 32.1. The first-order chi connectivity index (χ1) is 20.3. The van der Waals surface area contributed by atoms with Crippen molar-refractivity contribution in [2.24, 2.45) is 0 Å². The Kier molecular flexibility index (Phi) is 8.39. The number of methoxy groups -OCH3 is 1. The zero-order valence-electron chi connectivity index (χ0n) is 23.9. The van der Waals surface area contributed by atoms with Gasteiger partial charge in [-0.1, -0.05) is 55.7 Å². The molecule has 1 N–H and O–H groups in total. The van der Waals surface area contributed by atoms with Gasteiger partial charge in [-0.15, -0.1) is 0 Å². The van der Waals surface area contributed by atoms with Gasteiger partial charge in [-0.3, -0.25) is 18.9 Å². The molecule has 1 unspecified atom stereocenters. The fraction of sp³-hybridized carbons (Fsp3) is 0.323. The molecule has 1 aromatic carbocycles. The Morgan fingerprint density at radius 2 is 1.79 bits per heavy atom. The highest BCUT2D eigenvalue weighted by molar-refractivity contribution is 7.17. The number of pyridine rings is 1. The van der Waals surface area contributed by atoms with Crippen LogP contribution < -0.4 is 9.64 Å². The summed E-state index contributed by atoms with van der Waals surface area (Å²) in [5.41, 5.74) is 2.22. The number of thiazole rings is 1. The molecule has 4 aromatic rings. The van der Waals surface area contributed by atoms with Gasteiger partial charge in [0.05, 0.1) is 36.7 Å². The van der Waals surface area contributed by atoms with E-state index in [4.69, 9.17) is 9.47 Å². The summed E-state index contributed by atoms with van der Waals surface area (Å²) in [5.74, 6) is -2.02. The largest absolute Gasteiger partial charge is 0.505 e. The maximum Gasteiger partial charge on any atom is 0.350 e. The normalized spacial score (nSPS) is 16.4. The molecule has 1 saturated heterocycles. The number of amides is 1. The summed E-state index contributed by atoms with van der Waals surface area (Å²) in [6.45, 7) is 6.10. The van der Waals surface area contributed by atoms with Gasteiger partial charge in [0, 0.05) is 6.20 Å². The van der Waals surface area contributed by atoms with Crippen molar-refractivity contribution in [2.45, 2.75) is 52.5 Å². The van der Waals surface area contributed by atoms with Crippen molar-refractivity contribution in [1.82, 2.24) is 14.4 Å². The quantitative estimate of drug-likeness (QED) is 0.0813. The van der Waals surface area contributed by atoms with Crippen molar-refractivity contribution in [3.05, 3.63) is 81.8 Å². The van der Waals surface area contributed by atoms with Gasteiger partial charge in [0.1, 0.15) is 22.0 Å². The van der Waals surface area contributed by atoms with E-state index >= 15 is 0 Å². The van der Waals surface area contributed by atoms with E-state index in [1.807, 2.05) is 6.07 Å². The SMILES string of the molecule is CCCCCCOc1ccc(C2C(=C(O)c3c(C)nc4ccccn34)C(=O)C(=O)N2c2nc(C)c(C(=O)OC)s2)cc1. The van der Waals surface area contributed by atoms with E-state index in [2.05, 4.69) is 16.9 Å². The molecule has 0 saturated carbocycles. The van der Waals surface area contributed by atoms with Crippen molar-refractivity contribution >= 4 is 45.5 Å². The van der Waals surface area contributed by atoms with Gasteiger partial charge in [-0.05, 0) is 50.1 Å². The number of aromatic nitrogens is 3. The summed E-state index contributed by atoms with van der Waals surface area (Å²) in [4.78, 5) is 50.0. The van der Waals surface area contributed by atoms with Crippen molar-refractivity contribution in [1.29, 1.82) is 0 Å². The summed E-state index contributed by atoms with van der Waals surface area (Å²) in [5, 5.41) is 11.8. The molecular weight excluding hydrogens is 556 g/mol. The number of carbonyl (C=O) groups excluding carboxylic acids is 3. The van der Waals surface area contributed by atoms with Gasteiger partial charge in [-0.2, -0.15) is 0 Å². The molecule has 1 atom stereocenters. The average molecular weight is 589 g/mol. The van der Waals surface area contributed by atoms with E-state index < -0.39 is 23.7 Å². The Hall–Kier alpha value is -4.51. The predicted molar refractivity (Wildman–Crippen MR) is 159 cm³/mol. The average Bonchev–Trinajstić information content (AvgIpc) is 3.62. The van der Waals surface area contributed by atoms with E-state index in [-0.39, 0.29) is 21.3 Å². The van der Waals surface area contributed by atoms with E-state index in [0.29, 0.717) is 40.6 Å². The van der Waals surface area contributed by atoms with Crippen LogP contribution in [-0.4, -0.2) is 50.9 Å². The predicted octanol–water partition coefficient (Wildman–Crippen LogP) is 5.78. The number of aliphatic hydroxyl groups excluding tert-OH is 1. The lowest BCUT2D eigenvalue weighted by Crippen LogP contribution is -2.29. The molecule has 1 aliphatic heterocycles. The number of fused-ring (bicyclic) bond motifs is 1. The second kappa shape index (κ2) is 12.2. The molecule has 5 rings (SSSR count). The van der Waals surface area contributed by atoms with Crippen molar-refractivity contribution < 1.29 is 29.0 Å². The third-order valence-corrected chi connectivity index (χ3v) is 8.33. The number of ketones is 1. The Morgan fingerprint density at radius 1 is 1.02 bits per heavy atom. The second-order valence-electron chi connectivity index (χ2n) is 10.0. The minimum Gasteiger partial charge on any atom is -0.505 e. The minimum absolute atomic E-state index is 0.102. The second-order valence-corrected chi connectivity index (χ2v) is 11.0. The lowest BCUT2D eigenvalue weighted by atomic mass is 9.96. The van der Waals surface area contributed by atoms with E-state index in [1.54, 1.807) is 60.8 Å². The Balaban J connectivity index is 1.62. The van der Waals surface area contributed by atoms with Gasteiger partial charge in [0.2, 0.25) is 0 Å². The van der Waals surface area contributed by atoms with Crippen molar-refractivity contribution in [3.63, 3.8) is 0 Å². The standard InChI is InChI=1S/C31H32N4O6S/c1-5-6-7-10-17-41-21-14-12-20(13-15-21)25-23(26(36)24-18(2)32-22-11-8-9-16-34(22)24)27(37)29(38)35(25)31-33-19(3)28(42-31)30(39)40-4/h8-9,11-16,25,36H,5-7,10,17H2,1-4H3. The molecule has 0 aliphatic carbocycles. The number of aliphatic hydroxyl groups is 1. The van der Waals surface area contributed by atoms with E-state index in [9.17, 15) is 19.5 Å². The van der Waals surface area contributed by atoms with Crippen molar-refractivity contribution in [2.75, 3.05) is 18.6 Å². The molecule has 10 nitrogen and oxygen atoms in total. The fourth-order valence-electron chi connectivity index (χ4n) is 5.10. The van der Waals surface area contributed by atoms with Crippen LogP contribution in [0.2, 0.25) is 0 Å². The Morgan fingerprint density at radius 3 is 2.50 bits per heavy atom. The fourth-order valence-corrected chi connectivity index (χ4v) is 6.12. The number of hydrogen-bond acceptors (Lipinski definition) is 9. The van der Waals surface area contributed by atoms with Gasteiger partial charge >= 0.3 is 11.9 Å². The maximum atomic E-state index is 13.7. The number of Topliss-reactive ketones (excluding diaryl/α,β-unsaturated/α-hetero) is 1. The van der Waals surface area contributed by atoms with Crippen LogP contribution in [0.25, 0.3) is 11.4 Å². The molecule has 1 fully saturated rings. The van der Waals surface area contributed by atoms with Crippen LogP contribution in [0.5, 0.6) is 5.75 Å². The van der Waals surface area contributed by atoms with Gasteiger partial charge < -0.3 is 14.6 Å². The smallest absolute Gasteiger partial charge is 0.350 e.